The smallest absolute Gasteiger partial charge is 0.184 e. The van der Waals surface area contributed by atoms with Crippen LogP contribution in [0.15, 0.2) is 59.5 Å². The quantitative estimate of drug-likeness (QED) is 0.612. The number of nitrogens with two attached hydrogens (primary N) is 1. The summed E-state index contributed by atoms with van der Waals surface area (Å²) in [5.74, 6) is 0.820. The summed E-state index contributed by atoms with van der Waals surface area (Å²) >= 11 is 1.59. The molecule has 31 heavy (non-hydrogen) atoms. The molecule has 0 saturated carbocycles. The van der Waals surface area contributed by atoms with E-state index in [9.17, 15) is 0 Å². The lowest BCUT2D eigenvalue weighted by molar-refractivity contribution is -0.310. The van der Waals surface area contributed by atoms with Crippen molar-refractivity contribution in [3.63, 3.8) is 0 Å². The number of methoxy groups -OCH3 is 1. The Balaban J connectivity index is 1.49. The van der Waals surface area contributed by atoms with Crippen molar-refractivity contribution < 1.29 is 23.7 Å². The highest BCUT2D eigenvalue weighted by Crippen LogP contribution is 2.39. The van der Waals surface area contributed by atoms with E-state index in [2.05, 4.69) is 6.92 Å². The van der Waals surface area contributed by atoms with E-state index in [4.69, 9.17) is 29.4 Å². The number of hydrogen-bond acceptors (Lipinski definition) is 7. The van der Waals surface area contributed by atoms with E-state index in [1.807, 2.05) is 54.6 Å². The third-order valence-electron chi connectivity index (χ3n) is 5.58. The summed E-state index contributed by atoms with van der Waals surface area (Å²) in [4.78, 5) is 1.06. The van der Waals surface area contributed by atoms with Crippen molar-refractivity contribution in [2.45, 2.75) is 60.7 Å². The Morgan fingerprint density at radius 1 is 1.06 bits per heavy atom. The standard InChI is InChI=1S/C24H31NO5S/c1-3-4-14-27-22-20(25)24(31-18-12-10-17(26-2)11-13-18)29-19-15-28-23(30-21(19)22)16-8-6-5-7-9-16/h5-13,19-24H,3-4,14-15,25H2,1-2H3/t19?,20?,21-,22+,23?,24-/m0/s1. The first kappa shape index (κ1) is 22.6. The number of benzene rings is 2. The van der Waals surface area contributed by atoms with Crippen LogP contribution in [0.1, 0.15) is 31.6 Å². The van der Waals surface area contributed by atoms with Crippen LogP contribution in [0.2, 0.25) is 0 Å². The lowest BCUT2D eigenvalue weighted by atomic mass is 9.97. The van der Waals surface area contributed by atoms with Crippen molar-refractivity contribution in [2.24, 2.45) is 5.73 Å². The molecule has 0 bridgehead atoms. The third kappa shape index (κ3) is 5.42. The van der Waals surface area contributed by atoms with Crippen molar-refractivity contribution in [3.05, 3.63) is 60.2 Å². The van der Waals surface area contributed by atoms with Gasteiger partial charge in [-0.2, -0.15) is 0 Å². The molecule has 2 fully saturated rings. The maximum absolute atomic E-state index is 6.68. The largest absolute Gasteiger partial charge is 0.497 e. The van der Waals surface area contributed by atoms with Gasteiger partial charge in [-0.15, -0.1) is 0 Å². The predicted octanol–water partition coefficient (Wildman–Crippen LogP) is 4.14. The van der Waals surface area contributed by atoms with E-state index < -0.39 is 6.29 Å². The summed E-state index contributed by atoms with van der Waals surface area (Å²) < 4.78 is 30.2. The Bertz CT molecular complexity index is 805. The van der Waals surface area contributed by atoms with Crippen molar-refractivity contribution >= 4 is 11.8 Å². The van der Waals surface area contributed by atoms with E-state index in [0.717, 1.165) is 29.1 Å². The minimum absolute atomic E-state index is 0.234. The van der Waals surface area contributed by atoms with Gasteiger partial charge in [0.2, 0.25) is 0 Å². The zero-order valence-electron chi connectivity index (χ0n) is 18.0. The van der Waals surface area contributed by atoms with Crippen LogP contribution in [0, 0.1) is 0 Å². The van der Waals surface area contributed by atoms with Crippen LogP contribution >= 0.6 is 11.8 Å². The number of ether oxygens (including phenoxy) is 5. The Morgan fingerprint density at radius 2 is 1.84 bits per heavy atom. The summed E-state index contributed by atoms with van der Waals surface area (Å²) in [6, 6.07) is 17.5. The molecule has 2 aromatic rings. The molecular formula is C24H31NO5S. The van der Waals surface area contributed by atoms with Gasteiger partial charge >= 0.3 is 0 Å². The van der Waals surface area contributed by atoms with E-state index >= 15 is 0 Å². The van der Waals surface area contributed by atoms with Gasteiger partial charge in [-0.05, 0) is 30.7 Å². The summed E-state index contributed by atoms with van der Waals surface area (Å²) in [5.41, 5.74) is 7.40. The topological polar surface area (TPSA) is 72.2 Å². The normalized spacial score (nSPS) is 30.5. The first-order chi connectivity index (χ1) is 15.2. The van der Waals surface area contributed by atoms with E-state index in [1.54, 1.807) is 18.9 Å². The lowest BCUT2D eigenvalue weighted by Crippen LogP contribution is -2.64. The predicted molar refractivity (Wildman–Crippen MR) is 120 cm³/mol. The molecule has 6 nitrogen and oxygen atoms in total. The van der Waals surface area contributed by atoms with Crippen LogP contribution in [-0.4, -0.2) is 50.1 Å². The lowest BCUT2D eigenvalue weighted by Gasteiger charge is -2.48. The molecule has 0 spiro atoms. The Labute approximate surface area is 188 Å². The van der Waals surface area contributed by atoms with Crippen molar-refractivity contribution in [3.8, 4) is 5.75 Å². The van der Waals surface area contributed by atoms with Crippen LogP contribution in [0.3, 0.4) is 0 Å². The van der Waals surface area contributed by atoms with E-state index in [1.165, 1.54) is 0 Å². The van der Waals surface area contributed by atoms with Crippen molar-refractivity contribution in [1.82, 2.24) is 0 Å². The molecule has 168 valence electrons. The fraction of sp³-hybridized carbons (Fsp3) is 0.500. The highest BCUT2D eigenvalue weighted by molar-refractivity contribution is 7.99. The first-order valence-corrected chi connectivity index (χ1v) is 11.7. The molecular weight excluding hydrogens is 414 g/mol. The maximum atomic E-state index is 6.68. The summed E-state index contributed by atoms with van der Waals surface area (Å²) in [6.07, 6.45) is 0.821. The first-order valence-electron chi connectivity index (χ1n) is 10.8. The molecule has 2 saturated heterocycles. The van der Waals surface area contributed by atoms with Crippen LogP contribution in [0.5, 0.6) is 5.75 Å². The maximum Gasteiger partial charge on any atom is 0.184 e. The van der Waals surface area contributed by atoms with Gasteiger partial charge in [-0.3, -0.25) is 0 Å². The minimum Gasteiger partial charge on any atom is -0.497 e. The molecule has 2 heterocycles. The van der Waals surface area contributed by atoms with Gasteiger partial charge in [-0.1, -0.05) is 55.4 Å². The zero-order valence-corrected chi connectivity index (χ0v) is 18.8. The average molecular weight is 446 g/mol. The van der Waals surface area contributed by atoms with Gasteiger partial charge < -0.3 is 29.4 Å². The van der Waals surface area contributed by atoms with Crippen molar-refractivity contribution in [1.29, 1.82) is 0 Å². The second kappa shape index (κ2) is 10.8. The molecule has 0 aromatic heterocycles. The highest BCUT2D eigenvalue weighted by atomic mass is 32.2. The van der Waals surface area contributed by atoms with Gasteiger partial charge in [0, 0.05) is 17.1 Å². The molecule has 2 aliphatic heterocycles. The molecule has 4 rings (SSSR count). The van der Waals surface area contributed by atoms with Gasteiger partial charge in [0.05, 0.1) is 19.8 Å². The molecule has 0 aliphatic carbocycles. The number of fused-ring (bicyclic) bond motifs is 1. The second-order valence-corrected chi connectivity index (χ2v) is 8.95. The molecule has 2 aliphatic rings. The Hall–Kier alpha value is -1.61. The van der Waals surface area contributed by atoms with Gasteiger partial charge in [0.25, 0.3) is 0 Å². The minimum atomic E-state index is -0.443. The molecule has 0 amide bonds. The van der Waals surface area contributed by atoms with Crippen molar-refractivity contribution in [2.75, 3.05) is 20.3 Å². The summed E-state index contributed by atoms with van der Waals surface area (Å²) in [6.45, 7) is 3.23. The Morgan fingerprint density at radius 3 is 2.55 bits per heavy atom. The number of hydrogen-bond donors (Lipinski definition) is 1. The van der Waals surface area contributed by atoms with E-state index in [0.29, 0.717) is 13.2 Å². The highest BCUT2D eigenvalue weighted by Gasteiger charge is 2.49. The summed E-state index contributed by atoms with van der Waals surface area (Å²) in [7, 11) is 1.66. The third-order valence-corrected chi connectivity index (χ3v) is 6.78. The monoisotopic (exact) mass is 445 g/mol. The fourth-order valence-electron chi connectivity index (χ4n) is 3.84. The molecule has 0 radical (unpaired) electrons. The molecule has 2 N–H and O–H groups in total. The van der Waals surface area contributed by atoms with Crippen LogP contribution in [-0.2, 0) is 18.9 Å². The van der Waals surface area contributed by atoms with Gasteiger partial charge in [0.15, 0.2) is 6.29 Å². The summed E-state index contributed by atoms with van der Waals surface area (Å²) in [5, 5.41) is 0. The zero-order chi connectivity index (χ0) is 21.6. The van der Waals surface area contributed by atoms with E-state index in [-0.39, 0.29) is 29.8 Å². The molecule has 6 atom stereocenters. The average Bonchev–Trinajstić information content (AvgIpc) is 2.82. The van der Waals surface area contributed by atoms with Crippen LogP contribution in [0.25, 0.3) is 0 Å². The second-order valence-electron chi connectivity index (χ2n) is 7.78. The van der Waals surface area contributed by atoms with Crippen LogP contribution in [0.4, 0.5) is 0 Å². The molecule has 3 unspecified atom stereocenters. The van der Waals surface area contributed by atoms with Gasteiger partial charge in [-0.25, -0.2) is 0 Å². The SMILES string of the molecule is CCCCO[C@@H]1C(N)[C@H](Sc2ccc(OC)cc2)OC2COC(c3ccccc3)O[C@@H]21. The fourth-order valence-corrected chi connectivity index (χ4v) is 4.91. The molecule has 7 heteroatoms. The number of rotatable bonds is 8. The molecule has 2 aromatic carbocycles. The van der Waals surface area contributed by atoms with Crippen LogP contribution < -0.4 is 10.5 Å². The number of unbranched alkanes of at least 4 members (excludes halogenated alkanes) is 1. The van der Waals surface area contributed by atoms with Gasteiger partial charge in [0.1, 0.15) is 29.5 Å². The Kier molecular flexibility index (Phi) is 7.87. The number of thioether (sulfide) groups is 1.